The Bertz CT molecular complexity index is 759. The number of ether oxygens (including phenoxy) is 2. The van der Waals surface area contributed by atoms with Gasteiger partial charge in [0.2, 0.25) is 0 Å². The lowest BCUT2D eigenvalue weighted by Crippen LogP contribution is -2.54. The van der Waals surface area contributed by atoms with Crippen LogP contribution in [0, 0.1) is 0 Å². The Labute approximate surface area is 141 Å². The van der Waals surface area contributed by atoms with E-state index in [0.29, 0.717) is 18.8 Å². The molecule has 5 nitrogen and oxygen atoms in total. The second-order valence-corrected chi connectivity index (χ2v) is 6.51. The van der Waals surface area contributed by atoms with Crippen LogP contribution in [0.1, 0.15) is 36.2 Å². The molecule has 4 rings (SSSR count). The lowest BCUT2D eigenvalue weighted by atomic mass is 9.90. The van der Waals surface area contributed by atoms with Crippen molar-refractivity contribution in [1.82, 2.24) is 9.88 Å². The lowest BCUT2D eigenvalue weighted by Gasteiger charge is -2.43. The number of hydrogen-bond donors (Lipinski definition) is 0. The van der Waals surface area contributed by atoms with Crippen molar-refractivity contribution in [2.24, 2.45) is 0 Å². The van der Waals surface area contributed by atoms with E-state index in [-0.39, 0.29) is 18.1 Å². The van der Waals surface area contributed by atoms with Crippen LogP contribution in [-0.2, 0) is 4.74 Å². The summed E-state index contributed by atoms with van der Waals surface area (Å²) in [7, 11) is 1.64. The van der Waals surface area contributed by atoms with Crippen LogP contribution in [0.5, 0.6) is 5.75 Å². The van der Waals surface area contributed by atoms with Crippen LogP contribution < -0.4 is 4.74 Å². The molecule has 0 bridgehead atoms. The Morgan fingerprint density at radius 2 is 2.12 bits per heavy atom. The largest absolute Gasteiger partial charge is 0.497 e. The Morgan fingerprint density at radius 1 is 1.25 bits per heavy atom. The minimum atomic E-state index is 0.0212. The van der Waals surface area contributed by atoms with Gasteiger partial charge in [-0.15, -0.1) is 0 Å². The number of pyridine rings is 1. The highest BCUT2D eigenvalue weighted by Crippen LogP contribution is 2.29. The minimum absolute atomic E-state index is 0.0212. The summed E-state index contributed by atoms with van der Waals surface area (Å²) in [6.07, 6.45) is 4.64. The third kappa shape index (κ3) is 2.73. The summed E-state index contributed by atoms with van der Waals surface area (Å²) in [5, 5.41) is 0.975. The Morgan fingerprint density at radius 3 is 3.00 bits per heavy atom. The molecule has 2 aliphatic rings. The average Bonchev–Trinajstić information content (AvgIpc) is 2.66. The number of methoxy groups -OCH3 is 1. The summed E-state index contributed by atoms with van der Waals surface area (Å²) in [4.78, 5) is 19.6. The van der Waals surface area contributed by atoms with E-state index in [1.165, 1.54) is 12.8 Å². The second kappa shape index (κ2) is 6.40. The van der Waals surface area contributed by atoms with E-state index in [4.69, 9.17) is 9.47 Å². The van der Waals surface area contributed by atoms with Crippen molar-refractivity contribution in [3.63, 3.8) is 0 Å². The van der Waals surface area contributed by atoms with E-state index in [1.54, 1.807) is 7.11 Å². The number of carbonyl (C=O) groups is 1. The van der Waals surface area contributed by atoms with Crippen molar-refractivity contribution in [3.05, 3.63) is 36.0 Å². The van der Waals surface area contributed by atoms with E-state index < -0.39 is 0 Å². The van der Waals surface area contributed by atoms with E-state index in [9.17, 15) is 4.79 Å². The molecule has 1 saturated heterocycles. The topological polar surface area (TPSA) is 51.7 Å². The molecule has 2 fully saturated rings. The quantitative estimate of drug-likeness (QED) is 0.851. The van der Waals surface area contributed by atoms with Gasteiger partial charge in [0.1, 0.15) is 11.4 Å². The molecule has 0 spiro atoms. The number of rotatable bonds is 2. The molecule has 5 heteroatoms. The van der Waals surface area contributed by atoms with Gasteiger partial charge in [-0.1, -0.05) is 18.9 Å². The first-order valence-electron chi connectivity index (χ1n) is 8.63. The van der Waals surface area contributed by atoms with Gasteiger partial charge in [0, 0.05) is 11.9 Å². The normalized spacial score (nSPS) is 23.8. The number of aromatic nitrogens is 1. The van der Waals surface area contributed by atoms with Crippen molar-refractivity contribution in [3.8, 4) is 5.75 Å². The molecule has 24 heavy (non-hydrogen) atoms. The summed E-state index contributed by atoms with van der Waals surface area (Å²) < 4.78 is 11.1. The van der Waals surface area contributed by atoms with Gasteiger partial charge in [0.05, 0.1) is 31.4 Å². The van der Waals surface area contributed by atoms with E-state index in [0.717, 1.165) is 29.5 Å². The zero-order valence-corrected chi connectivity index (χ0v) is 13.9. The molecular formula is C19H22N2O3. The number of nitrogens with zero attached hydrogens (tertiary/aromatic N) is 2. The van der Waals surface area contributed by atoms with Gasteiger partial charge in [-0.05, 0) is 37.1 Å². The summed E-state index contributed by atoms with van der Waals surface area (Å²) in [5.74, 6) is 0.814. The number of hydrogen-bond acceptors (Lipinski definition) is 4. The smallest absolute Gasteiger partial charge is 0.272 e. The molecule has 1 aromatic carbocycles. The molecule has 1 aliphatic heterocycles. The Balaban J connectivity index is 1.62. The molecule has 2 atom stereocenters. The molecular weight excluding hydrogens is 304 g/mol. The fourth-order valence-corrected chi connectivity index (χ4v) is 3.85. The highest BCUT2D eigenvalue weighted by Gasteiger charge is 2.37. The Kier molecular flexibility index (Phi) is 4.10. The van der Waals surface area contributed by atoms with Crippen LogP contribution in [0.2, 0.25) is 0 Å². The molecule has 126 valence electrons. The number of morpholine rings is 1. The van der Waals surface area contributed by atoms with Crippen LogP contribution in [0.4, 0.5) is 0 Å². The third-order valence-electron chi connectivity index (χ3n) is 5.11. The molecule has 1 saturated carbocycles. The van der Waals surface area contributed by atoms with Crippen molar-refractivity contribution >= 4 is 16.8 Å². The minimum Gasteiger partial charge on any atom is -0.497 e. The standard InChI is InChI=1S/C19H22N2O3/c1-23-14-7-9-15-13(12-14)6-8-16(20-15)19(22)21-10-11-24-18-5-3-2-4-17(18)21/h6-9,12,17-18H,2-5,10-11H2,1H3/t17-,18-/m0/s1. The third-order valence-corrected chi connectivity index (χ3v) is 5.11. The van der Waals surface area contributed by atoms with Crippen LogP contribution in [0.25, 0.3) is 10.9 Å². The molecule has 2 heterocycles. The van der Waals surface area contributed by atoms with E-state index in [2.05, 4.69) is 4.98 Å². The first-order valence-corrected chi connectivity index (χ1v) is 8.63. The van der Waals surface area contributed by atoms with Gasteiger partial charge in [-0.25, -0.2) is 4.98 Å². The molecule has 1 amide bonds. The van der Waals surface area contributed by atoms with Crippen LogP contribution in [0.3, 0.4) is 0 Å². The maximum Gasteiger partial charge on any atom is 0.272 e. The molecule has 0 N–H and O–H groups in total. The zero-order valence-electron chi connectivity index (χ0n) is 13.9. The maximum absolute atomic E-state index is 13.0. The first-order chi connectivity index (χ1) is 11.8. The fraction of sp³-hybridized carbons (Fsp3) is 0.474. The fourth-order valence-electron chi connectivity index (χ4n) is 3.85. The molecule has 1 aromatic heterocycles. The van der Waals surface area contributed by atoms with E-state index >= 15 is 0 Å². The van der Waals surface area contributed by atoms with E-state index in [1.807, 2.05) is 35.2 Å². The van der Waals surface area contributed by atoms with Crippen molar-refractivity contribution < 1.29 is 14.3 Å². The summed E-state index contributed by atoms with van der Waals surface area (Å²) >= 11 is 0. The van der Waals surface area contributed by atoms with Gasteiger partial charge >= 0.3 is 0 Å². The number of carbonyl (C=O) groups excluding carboxylic acids is 1. The zero-order chi connectivity index (χ0) is 16.5. The average molecular weight is 326 g/mol. The summed E-state index contributed by atoms with van der Waals surface area (Å²) in [6.45, 7) is 1.28. The highest BCUT2D eigenvalue weighted by molar-refractivity contribution is 5.95. The van der Waals surface area contributed by atoms with Gasteiger partial charge in [-0.2, -0.15) is 0 Å². The van der Waals surface area contributed by atoms with Crippen molar-refractivity contribution in [2.75, 3.05) is 20.3 Å². The van der Waals surface area contributed by atoms with Gasteiger partial charge in [0.15, 0.2) is 0 Å². The molecule has 0 unspecified atom stereocenters. The maximum atomic E-state index is 13.0. The van der Waals surface area contributed by atoms with Crippen molar-refractivity contribution in [1.29, 1.82) is 0 Å². The summed E-state index contributed by atoms with van der Waals surface area (Å²) in [5.41, 5.74) is 1.33. The highest BCUT2D eigenvalue weighted by atomic mass is 16.5. The molecule has 0 radical (unpaired) electrons. The van der Waals surface area contributed by atoms with Crippen molar-refractivity contribution in [2.45, 2.75) is 37.8 Å². The number of amides is 1. The predicted octanol–water partition coefficient (Wildman–Crippen LogP) is 3.03. The lowest BCUT2D eigenvalue weighted by molar-refractivity contribution is -0.0754. The van der Waals surface area contributed by atoms with Gasteiger partial charge < -0.3 is 14.4 Å². The summed E-state index contributed by atoms with van der Waals surface area (Å²) in [6, 6.07) is 9.66. The number of benzene rings is 1. The molecule has 2 aromatic rings. The second-order valence-electron chi connectivity index (χ2n) is 6.51. The van der Waals surface area contributed by atoms with Crippen LogP contribution in [0.15, 0.2) is 30.3 Å². The monoisotopic (exact) mass is 326 g/mol. The SMILES string of the molecule is COc1ccc2nc(C(=O)N3CCO[C@H]4CCCC[C@@H]43)ccc2c1. The first kappa shape index (κ1) is 15.4. The predicted molar refractivity (Wildman–Crippen MR) is 91.3 cm³/mol. The van der Waals surface area contributed by atoms with Gasteiger partial charge in [0.25, 0.3) is 5.91 Å². The van der Waals surface area contributed by atoms with Crippen LogP contribution in [-0.4, -0.2) is 48.2 Å². The Hall–Kier alpha value is -2.14. The van der Waals surface area contributed by atoms with Gasteiger partial charge in [-0.3, -0.25) is 4.79 Å². The molecule has 1 aliphatic carbocycles. The number of fused-ring (bicyclic) bond motifs is 2. The van der Waals surface area contributed by atoms with Crippen LogP contribution >= 0.6 is 0 Å².